The van der Waals surface area contributed by atoms with E-state index in [0.717, 1.165) is 45.2 Å². The second-order valence-corrected chi connectivity index (χ2v) is 12.2. The first-order chi connectivity index (χ1) is 16.9. The van der Waals surface area contributed by atoms with Crippen molar-refractivity contribution in [3.8, 4) is 0 Å². The van der Waals surface area contributed by atoms with E-state index >= 15 is 0 Å². The van der Waals surface area contributed by atoms with E-state index in [-0.39, 0.29) is 17.0 Å². The van der Waals surface area contributed by atoms with Gasteiger partial charge < -0.3 is 14.4 Å². The van der Waals surface area contributed by atoms with Crippen LogP contribution in [0.5, 0.6) is 0 Å². The third-order valence-corrected chi connectivity index (χ3v) is 6.27. The number of likely N-dealkylation sites (N-methyl/N-ethyl adjacent to an activating group) is 1. The third kappa shape index (κ3) is 24.5. The molecule has 0 spiro atoms. The first kappa shape index (κ1) is 34.8. The zero-order valence-electron chi connectivity index (χ0n) is 25.0. The van der Waals surface area contributed by atoms with Gasteiger partial charge in [0, 0.05) is 31.3 Å². The molecule has 0 saturated heterocycles. The summed E-state index contributed by atoms with van der Waals surface area (Å²) >= 11 is 0. The predicted octanol–water partition coefficient (Wildman–Crippen LogP) is 7.91. The molecular weight excluding hydrogens is 450 g/mol. The van der Waals surface area contributed by atoms with Crippen molar-refractivity contribution >= 4 is 11.8 Å². The molecule has 5 heteroatoms. The van der Waals surface area contributed by atoms with Crippen LogP contribution >= 0.6 is 0 Å². The van der Waals surface area contributed by atoms with E-state index in [1.165, 1.54) is 51.4 Å². The van der Waals surface area contributed by atoms with Crippen LogP contribution in [-0.4, -0.2) is 55.6 Å². The van der Waals surface area contributed by atoms with Crippen LogP contribution in [0.4, 0.5) is 0 Å². The van der Waals surface area contributed by atoms with Crippen LogP contribution in [0.1, 0.15) is 131 Å². The molecule has 0 saturated carbocycles. The summed E-state index contributed by atoms with van der Waals surface area (Å²) in [4.78, 5) is 25.9. The molecule has 0 fully saturated rings. The summed E-state index contributed by atoms with van der Waals surface area (Å²) in [5.74, 6) is 0.316. The summed E-state index contributed by atoms with van der Waals surface area (Å²) in [6.45, 7) is 14.9. The fourth-order valence-corrected chi connectivity index (χ4v) is 3.76. The van der Waals surface area contributed by atoms with Crippen molar-refractivity contribution in [3.05, 3.63) is 12.2 Å². The Morgan fingerprint density at radius 2 is 1.14 bits per heavy atom. The molecule has 0 aliphatic carbocycles. The van der Waals surface area contributed by atoms with E-state index in [0.29, 0.717) is 25.4 Å². The standard InChI is InChI=1S/C31H59NO4/c1-30(2,3)28(33)22-20-18-16-14-12-10-8-9-11-13-15-17-19-21-23-29(34)35-26-24-32(7)25-27-36-31(4,5)6/h8-9H,10-27H2,1-7H3/b9-8+. The normalized spacial score (nSPS) is 12.6. The molecule has 0 atom stereocenters. The third-order valence-electron chi connectivity index (χ3n) is 6.27. The Bertz CT molecular complexity index is 586. The highest BCUT2D eigenvalue weighted by molar-refractivity contribution is 5.83. The number of ketones is 1. The smallest absolute Gasteiger partial charge is 0.305 e. The average molecular weight is 510 g/mol. The van der Waals surface area contributed by atoms with E-state index in [4.69, 9.17) is 9.47 Å². The molecule has 0 aromatic heterocycles. The molecule has 36 heavy (non-hydrogen) atoms. The second-order valence-electron chi connectivity index (χ2n) is 12.2. The van der Waals surface area contributed by atoms with Crippen molar-refractivity contribution in [2.45, 2.75) is 137 Å². The van der Waals surface area contributed by atoms with Crippen LogP contribution in [0.2, 0.25) is 0 Å². The molecular formula is C31H59NO4. The maximum Gasteiger partial charge on any atom is 0.305 e. The monoisotopic (exact) mass is 509 g/mol. The van der Waals surface area contributed by atoms with E-state index in [1.807, 2.05) is 27.8 Å². The SMILES string of the molecule is CN(CCOC(=O)CCCCCCC/C=C/CCCCCCCC(=O)C(C)(C)C)CCOC(C)(C)C. The number of carbonyl (C=O) groups is 2. The van der Waals surface area contributed by atoms with Gasteiger partial charge in [-0.3, -0.25) is 9.59 Å². The van der Waals surface area contributed by atoms with Gasteiger partial charge in [0.1, 0.15) is 12.4 Å². The van der Waals surface area contributed by atoms with Crippen molar-refractivity contribution < 1.29 is 19.1 Å². The Kier molecular flexibility index (Phi) is 20.1. The molecule has 0 aliphatic rings. The van der Waals surface area contributed by atoms with Crippen LogP contribution in [0.25, 0.3) is 0 Å². The lowest BCUT2D eigenvalue weighted by Crippen LogP contribution is -2.30. The molecule has 0 radical (unpaired) electrons. The first-order valence-corrected chi connectivity index (χ1v) is 14.6. The minimum absolute atomic E-state index is 0.0735. The maximum absolute atomic E-state index is 11.9. The topological polar surface area (TPSA) is 55.8 Å². The van der Waals surface area contributed by atoms with Gasteiger partial charge in [0.2, 0.25) is 0 Å². The second kappa shape index (κ2) is 20.8. The van der Waals surface area contributed by atoms with Crippen molar-refractivity contribution in [2.24, 2.45) is 5.41 Å². The summed E-state index contributed by atoms with van der Waals surface area (Å²) < 4.78 is 11.1. The van der Waals surface area contributed by atoms with Gasteiger partial charge in [0.15, 0.2) is 0 Å². The lowest BCUT2D eigenvalue weighted by atomic mass is 9.88. The van der Waals surface area contributed by atoms with Crippen LogP contribution in [0.3, 0.4) is 0 Å². The number of Topliss-reactive ketones (excluding diaryl/α,β-unsaturated/α-hetero) is 1. The summed E-state index contributed by atoms with van der Waals surface area (Å²) in [6, 6.07) is 0. The fourth-order valence-electron chi connectivity index (χ4n) is 3.76. The van der Waals surface area contributed by atoms with Gasteiger partial charge in [-0.1, -0.05) is 71.4 Å². The van der Waals surface area contributed by atoms with Gasteiger partial charge in [-0.15, -0.1) is 0 Å². The number of carbonyl (C=O) groups excluding carboxylic acids is 2. The van der Waals surface area contributed by atoms with Gasteiger partial charge in [0.05, 0.1) is 12.2 Å². The Hall–Kier alpha value is -1.20. The quantitative estimate of drug-likeness (QED) is 0.0843. The average Bonchev–Trinajstić information content (AvgIpc) is 2.77. The van der Waals surface area contributed by atoms with Crippen molar-refractivity contribution in [2.75, 3.05) is 33.4 Å². The zero-order valence-corrected chi connectivity index (χ0v) is 25.0. The Labute approximate surface area is 223 Å². The summed E-state index contributed by atoms with van der Waals surface area (Å²) in [5, 5.41) is 0. The lowest BCUT2D eigenvalue weighted by molar-refractivity contribution is -0.144. The molecule has 0 heterocycles. The van der Waals surface area contributed by atoms with Crippen LogP contribution in [-0.2, 0) is 19.1 Å². The number of unbranched alkanes of at least 4 members (excludes halogenated alkanes) is 10. The van der Waals surface area contributed by atoms with E-state index in [2.05, 4.69) is 37.8 Å². The number of nitrogens with zero attached hydrogens (tertiary/aromatic N) is 1. The molecule has 0 aromatic carbocycles. The maximum atomic E-state index is 11.9. The molecule has 0 amide bonds. The van der Waals surface area contributed by atoms with Gasteiger partial charge >= 0.3 is 5.97 Å². The fraction of sp³-hybridized carbons (Fsp3) is 0.871. The highest BCUT2D eigenvalue weighted by Gasteiger charge is 2.19. The number of allylic oxidation sites excluding steroid dienone is 2. The van der Waals surface area contributed by atoms with Crippen molar-refractivity contribution in [1.29, 1.82) is 0 Å². The van der Waals surface area contributed by atoms with E-state index < -0.39 is 0 Å². The summed E-state index contributed by atoms with van der Waals surface area (Å²) in [6.07, 6.45) is 19.9. The van der Waals surface area contributed by atoms with Crippen molar-refractivity contribution in [1.82, 2.24) is 4.90 Å². The van der Waals surface area contributed by atoms with Gasteiger partial charge in [-0.2, -0.15) is 0 Å². The Morgan fingerprint density at radius 1 is 0.667 bits per heavy atom. The largest absolute Gasteiger partial charge is 0.464 e. The Morgan fingerprint density at radius 3 is 1.67 bits per heavy atom. The van der Waals surface area contributed by atoms with Crippen LogP contribution in [0.15, 0.2) is 12.2 Å². The Balaban J connectivity index is 3.41. The number of esters is 1. The number of hydrogen-bond acceptors (Lipinski definition) is 5. The first-order valence-electron chi connectivity index (χ1n) is 14.6. The molecule has 0 rings (SSSR count). The summed E-state index contributed by atoms with van der Waals surface area (Å²) in [5.41, 5.74) is -0.292. The molecule has 5 nitrogen and oxygen atoms in total. The van der Waals surface area contributed by atoms with Crippen LogP contribution in [0, 0.1) is 5.41 Å². The van der Waals surface area contributed by atoms with Gasteiger partial charge in [-0.05, 0) is 66.3 Å². The molecule has 0 aliphatic heterocycles. The zero-order chi connectivity index (χ0) is 27.3. The molecule has 0 N–H and O–H groups in total. The van der Waals surface area contributed by atoms with Crippen LogP contribution < -0.4 is 0 Å². The minimum atomic E-state index is -0.182. The van der Waals surface area contributed by atoms with Gasteiger partial charge in [0.25, 0.3) is 0 Å². The summed E-state index contributed by atoms with van der Waals surface area (Å²) in [7, 11) is 2.02. The van der Waals surface area contributed by atoms with E-state index in [9.17, 15) is 9.59 Å². The van der Waals surface area contributed by atoms with Crippen molar-refractivity contribution in [3.63, 3.8) is 0 Å². The molecule has 212 valence electrons. The number of hydrogen-bond donors (Lipinski definition) is 0. The highest BCUT2D eigenvalue weighted by atomic mass is 16.5. The minimum Gasteiger partial charge on any atom is -0.464 e. The molecule has 0 aromatic rings. The highest BCUT2D eigenvalue weighted by Crippen LogP contribution is 2.19. The van der Waals surface area contributed by atoms with Gasteiger partial charge in [-0.25, -0.2) is 0 Å². The molecule has 0 bridgehead atoms. The lowest BCUT2D eigenvalue weighted by Gasteiger charge is -2.22. The number of rotatable bonds is 22. The van der Waals surface area contributed by atoms with E-state index in [1.54, 1.807) is 0 Å². The predicted molar refractivity (Wildman–Crippen MR) is 152 cm³/mol. The molecule has 0 unspecified atom stereocenters. The number of ether oxygens (including phenoxy) is 2.